The van der Waals surface area contributed by atoms with Crippen LogP contribution in [-0.4, -0.2) is 30.7 Å². The normalized spacial score (nSPS) is 24.4. The van der Waals surface area contributed by atoms with Crippen molar-refractivity contribution in [1.82, 2.24) is 10.3 Å². The van der Waals surface area contributed by atoms with E-state index in [2.05, 4.69) is 47.5 Å². The number of anilines is 1. The van der Waals surface area contributed by atoms with E-state index >= 15 is 0 Å². The Labute approximate surface area is 155 Å². The molecule has 0 amide bonds. The van der Waals surface area contributed by atoms with Crippen LogP contribution in [0.25, 0.3) is 0 Å². The van der Waals surface area contributed by atoms with Crippen molar-refractivity contribution in [2.24, 2.45) is 0 Å². The largest absolute Gasteiger partial charge is 0.484 e. The van der Waals surface area contributed by atoms with Gasteiger partial charge in [-0.1, -0.05) is 18.2 Å². The van der Waals surface area contributed by atoms with Crippen molar-refractivity contribution in [2.75, 3.05) is 24.5 Å². The summed E-state index contributed by atoms with van der Waals surface area (Å²) < 4.78 is 6.52. The first-order chi connectivity index (χ1) is 12.8. The zero-order valence-electron chi connectivity index (χ0n) is 15.5. The van der Waals surface area contributed by atoms with Crippen LogP contribution in [0.2, 0.25) is 0 Å². The maximum Gasteiger partial charge on any atom is 0.141 e. The fourth-order valence-electron chi connectivity index (χ4n) is 4.71. The van der Waals surface area contributed by atoms with Gasteiger partial charge in [-0.05, 0) is 67.9 Å². The Morgan fingerprint density at radius 3 is 3.00 bits per heavy atom. The molecular weight excluding hydrogens is 322 g/mol. The second-order valence-corrected chi connectivity index (χ2v) is 7.85. The molecule has 1 aromatic heterocycles. The summed E-state index contributed by atoms with van der Waals surface area (Å²) in [5.74, 6) is 2.19. The Hall–Kier alpha value is -2.07. The van der Waals surface area contributed by atoms with Gasteiger partial charge < -0.3 is 15.0 Å². The van der Waals surface area contributed by atoms with E-state index in [-0.39, 0.29) is 6.10 Å². The molecule has 0 spiro atoms. The van der Waals surface area contributed by atoms with E-state index in [9.17, 15) is 0 Å². The first-order valence-electron chi connectivity index (χ1n) is 10.0. The van der Waals surface area contributed by atoms with Crippen molar-refractivity contribution in [3.63, 3.8) is 0 Å². The molecule has 4 heteroatoms. The Balaban J connectivity index is 1.42. The van der Waals surface area contributed by atoms with Crippen LogP contribution in [0.1, 0.15) is 48.3 Å². The Morgan fingerprint density at radius 1 is 1.12 bits per heavy atom. The Bertz CT molecular complexity index is 819. The number of aryl methyl sites for hydroxylation is 2. The van der Waals surface area contributed by atoms with Crippen LogP contribution in [0, 0.1) is 0 Å². The monoisotopic (exact) mass is 349 g/mol. The van der Waals surface area contributed by atoms with Crippen molar-refractivity contribution in [1.29, 1.82) is 0 Å². The van der Waals surface area contributed by atoms with Gasteiger partial charge in [0.15, 0.2) is 0 Å². The van der Waals surface area contributed by atoms with Crippen molar-refractivity contribution in [2.45, 2.75) is 51.2 Å². The standard InChI is InChI=1S/C22H27N3O/c1-15-14-23-12-13-25(15)21-11-9-17-8-10-20(22(17)24-21)26-19-7-3-5-16-4-2-6-18(16)19/h3,5,7,9,11,15,20,23H,2,4,6,8,10,12-14H2,1H3/t15-,20+/m1/s1. The van der Waals surface area contributed by atoms with Crippen LogP contribution in [0.15, 0.2) is 30.3 Å². The van der Waals surface area contributed by atoms with Gasteiger partial charge in [0.25, 0.3) is 0 Å². The first-order valence-corrected chi connectivity index (χ1v) is 10.0. The van der Waals surface area contributed by atoms with E-state index in [1.165, 1.54) is 29.5 Å². The number of piperazine rings is 1. The van der Waals surface area contributed by atoms with Gasteiger partial charge in [-0.15, -0.1) is 0 Å². The topological polar surface area (TPSA) is 37.4 Å². The number of ether oxygens (including phenoxy) is 1. The van der Waals surface area contributed by atoms with Gasteiger partial charge in [-0.2, -0.15) is 0 Å². The zero-order valence-corrected chi connectivity index (χ0v) is 15.5. The third kappa shape index (κ3) is 2.77. The van der Waals surface area contributed by atoms with Crippen LogP contribution in [-0.2, 0) is 19.3 Å². The van der Waals surface area contributed by atoms with Crippen LogP contribution in [0.5, 0.6) is 5.75 Å². The van der Waals surface area contributed by atoms with Crippen molar-refractivity contribution in [3.8, 4) is 5.75 Å². The number of rotatable bonds is 3. The number of benzene rings is 1. The molecule has 1 fully saturated rings. The molecule has 26 heavy (non-hydrogen) atoms. The van der Waals surface area contributed by atoms with E-state index in [0.717, 1.165) is 56.2 Å². The van der Waals surface area contributed by atoms with E-state index < -0.39 is 0 Å². The van der Waals surface area contributed by atoms with Crippen LogP contribution >= 0.6 is 0 Å². The van der Waals surface area contributed by atoms with Gasteiger partial charge >= 0.3 is 0 Å². The predicted molar refractivity (Wildman–Crippen MR) is 104 cm³/mol. The van der Waals surface area contributed by atoms with Gasteiger partial charge in [-0.25, -0.2) is 4.98 Å². The molecule has 2 aliphatic carbocycles. The molecule has 3 aliphatic rings. The molecule has 2 atom stereocenters. The number of pyridine rings is 1. The van der Waals surface area contributed by atoms with Gasteiger partial charge in [0.05, 0.1) is 5.69 Å². The average molecular weight is 349 g/mol. The van der Waals surface area contributed by atoms with Crippen molar-refractivity contribution < 1.29 is 4.74 Å². The highest BCUT2D eigenvalue weighted by molar-refractivity contribution is 5.47. The number of fused-ring (bicyclic) bond motifs is 2. The molecule has 2 heterocycles. The van der Waals surface area contributed by atoms with Crippen LogP contribution in [0.4, 0.5) is 5.82 Å². The number of hydrogen-bond donors (Lipinski definition) is 1. The highest BCUT2D eigenvalue weighted by atomic mass is 16.5. The lowest BCUT2D eigenvalue weighted by atomic mass is 10.1. The third-order valence-electron chi connectivity index (χ3n) is 6.15. The van der Waals surface area contributed by atoms with E-state index in [1.807, 2.05) is 0 Å². The molecule has 0 radical (unpaired) electrons. The number of hydrogen-bond acceptors (Lipinski definition) is 4. The van der Waals surface area contributed by atoms with Crippen LogP contribution < -0.4 is 15.0 Å². The lowest BCUT2D eigenvalue weighted by molar-refractivity contribution is 0.201. The summed E-state index contributed by atoms with van der Waals surface area (Å²) in [5.41, 5.74) is 5.41. The molecule has 1 saturated heterocycles. The maximum absolute atomic E-state index is 6.52. The number of nitrogens with one attached hydrogen (secondary N) is 1. The van der Waals surface area contributed by atoms with Crippen LogP contribution in [0.3, 0.4) is 0 Å². The second kappa shape index (κ2) is 6.58. The van der Waals surface area contributed by atoms with Gasteiger partial charge in [0.1, 0.15) is 17.7 Å². The minimum absolute atomic E-state index is 0.0928. The summed E-state index contributed by atoms with van der Waals surface area (Å²) in [4.78, 5) is 7.49. The lowest BCUT2D eigenvalue weighted by Gasteiger charge is -2.35. The fraction of sp³-hybridized carbons (Fsp3) is 0.500. The molecule has 1 aliphatic heterocycles. The molecule has 0 saturated carbocycles. The second-order valence-electron chi connectivity index (χ2n) is 7.85. The quantitative estimate of drug-likeness (QED) is 0.921. The molecule has 2 aromatic rings. The summed E-state index contributed by atoms with van der Waals surface area (Å²) in [6.45, 7) is 5.33. The minimum Gasteiger partial charge on any atom is -0.484 e. The Morgan fingerprint density at radius 2 is 2.08 bits per heavy atom. The maximum atomic E-state index is 6.52. The van der Waals surface area contributed by atoms with Gasteiger partial charge in [-0.3, -0.25) is 0 Å². The summed E-state index contributed by atoms with van der Waals surface area (Å²) in [5, 5.41) is 3.46. The molecule has 4 nitrogen and oxygen atoms in total. The fourth-order valence-corrected chi connectivity index (χ4v) is 4.71. The average Bonchev–Trinajstić information content (AvgIpc) is 3.30. The van der Waals surface area contributed by atoms with E-state index in [1.54, 1.807) is 0 Å². The van der Waals surface area contributed by atoms with Gasteiger partial charge in [0.2, 0.25) is 0 Å². The molecule has 136 valence electrons. The SMILES string of the molecule is C[C@@H]1CNCCN1c1ccc2c(n1)[C@@H](Oc1cccc3c1CCC3)CC2. The Kier molecular flexibility index (Phi) is 4.08. The molecule has 1 N–H and O–H groups in total. The summed E-state index contributed by atoms with van der Waals surface area (Å²) >= 11 is 0. The predicted octanol–water partition coefficient (Wildman–Crippen LogP) is 3.43. The molecule has 0 bridgehead atoms. The van der Waals surface area contributed by atoms with Crippen molar-refractivity contribution in [3.05, 3.63) is 52.7 Å². The highest BCUT2D eigenvalue weighted by Crippen LogP contribution is 2.38. The third-order valence-corrected chi connectivity index (χ3v) is 6.15. The smallest absolute Gasteiger partial charge is 0.141 e. The molecule has 5 rings (SSSR count). The molecular formula is C22H27N3O. The number of nitrogens with zero attached hydrogens (tertiary/aromatic N) is 2. The molecule has 0 unspecified atom stereocenters. The molecule has 1 aromatic carbocycles. The van der Waals surface area contributed by atoms with Crippen molar-refractivity contribution >= 4 is 5.82 Å². The highest BCUT2D eigenvalue weighted by Gasteiger charge is 2.29. The van der Waals surface area contributed by atoms with Gasteiger partial charge in [0, 0.05) is 25.7 Å². The summed E-state index contributed by atoms with van der Waals surface area (Å²) in [6, 6.07) is 11.5. The summed E-state index contributed by atoms with van der Waals surface area (Å²) in [6.07, 6.45) is 5.79. The van der Waals surface area contributed by atoms with E-state index in [4.69, 9.17) is 9.72 Å². The minimum atomic E-state index is 0.0928. The first kappa shape index (κ1) is 16.1. The number of aromatic nitrogens is 1. The lowest BCUT2D eigenvalue weighted by Crippen LogP contribution is -2.50. The zero-order chi connectivity index (χ0) is 17.5. The van der Waals surface area contributed by atoms with E-state index in [0.29, 0.717) is 6.04 Å². The summed E-state index contributed by atoms with van der Waals surface area (Å²) in [7, 11) is 0.